The molecule has 0 radical (unpaired) electrons. The van der Waals surface area contributed by atoms with E-state index in [1.807, 2.05) is 0 Å². The summed E-state index contributed by atoms with van der Waals surface area (Å²) in [6, 6.07) is 2.20. The lowest BCUT2D eigenvalue weighted by Crippen LogP contribution is -2.20. The fraction of sp³-hybridized carbons (Fsp3) is 0.556. The van der Waals surface area contributed by atoms with E-state index in [1.165, 1.54) is 37.2 Å². The Kier molecular flexibility index (Phi) is 1.70. The van der Waals surface area contributed by atoms with Crippen LogP contribution in [0, 0.1) is 0 Å². The minimum atomic E-state index is 1.18. The highest BCUT2D eigenvalue weighted by molar-refractivity contribution is 5.22. The van der Waals surface area contributed by atoms with Crippen molar-refractivity contribution in [2.75, 3.05) is 20.1 Å². The molecule has 1 aromatic rings. The van der Waals surface area contributed by atoms with Crippen molar-refractivity contribution in [1.29, 1.82) is 0 Å². The van der Waals surface area contributed by atoms with Gasteiger partial charge in [0.1, 0.15) is 0 Å². The lowest BCUT2D eigenvalue weighted by molar-refractivity contribution is 0.351. The number of aromatic nitrogens is 1. The van der Waals surface area contributed by atoms with Gasteiger partial charge in [0.15, 0.2) is 0 Å². The van der Waals surface area contributed by atoms with Gasteiger partial charge in [0.2, 0.25) is 0 Å². The smallest absolute Gasteiger partial charge is 0.0192 e. The molecule has 1 N–H and O–H groups in total. The minimum absolute atomic E-state index is 1.18. The van der Waals surface area contributed by atoms with Crippen molar-refractivity contribution in [3.05, 3.63) is 23.5 Å². The molecule has 2 rings (SSSR count). The lowest BCUT2D eigenvalue weighted by atomic mass is 10.2. The van der Waals surface area contributed by atoms with Crippen molar-refractivity contribution in [2.24, 2.45) is 0 Å². The predicted molar refractivity (Wildman–Crippen MR) is 45.7 cm³/mol. The topological polar surface area (TPSA) is 19.0 Å². The van der Waals surface area contributed by atoms with Gasteiger partial charge in [0.25, 0.3) is 0 Å². The predicted octanol–water partition coefficient (Wildman–Crippen LogP) is 1.05. The minimum Gasteiger partial charge on any atom is -0.365 e. The number of H-pyrrole nitrogens is 1. The van der Waals surface area contributed by atoms with Gasteiger partial charge in [-0.05, 0) is 25.1 Å². The molecule has 0 aromatic carbocycles. The molecule has 60 valence electrons. The third-order valence-corrected chi connectivity index (χ3v) is 2.44. The zero-order valence-corrected chi connectivity index (χ0v) is 6.93. The Morgan fingerprint density at radius 3 is 3.09 bits per heavy atom. The van der Waals surface area contributed by atoms with Crippen LogP contribution in [0.2, 0.25) is 0 Å². The van der Waals surface area contributed by atoms with Crippen LogP contribution >= 0.6 is 0 Å². The number of likely N-dealkylation sites (N-methyl/N-ethyl adjacent to an activating group) is 1. The molecular weight excluding hydrogens is 136 g/mol. The zero-order chi connectivity index (χ0) is 7.68. The average Bonchev–Trinajstić information content (AvgIpc) is 2.38. The van der Waals surface area contributed by atoms with Gasteiger partial charge in [-0.15, -0.1) is 0 Å². The van der Waals surface area contributed by atoms with Gasteiger partial charge >= 0.3 is 0 Å². The van der Waals surface area contributed by atoms with Gasteiger partial charge in [0, 0.05) is 31.4 Å². The fourth-order valence-corrected chi connectivity index (χ4v) is 1.63. The molecule has 0 saturated heterocycles. The van der Waals surface area contributed by atoms with Crippen LogP contribution in [0.3, 0.4) is 0 Å². The molecule has 0 aliphatic carbocycles. The molecule has 0 saturated carbocycles. The average molecular weight is 150 g/mol. The quantitative estimate of drug-likeness (QED) is 0.585. The van der Waals surface area contributed by atoms with E-state index in [4.69, 9.17) is 0 Å². The molecule has 1 aliphatic rings. The summed E-state index contributed by atoms with van der Waals surface area (Å²) in [7, 11) is 2.19. The van der Waals surface area contributed by atoms with Crippen LogP contribution in [-0.2, 0) is 12.8 Å². The SMILES string of the molecule is CN1CCc2cc[nH]c2CC1. The maximum absolute atomic E-state index is 3.29. The van der Waals surface area contributed by atoms with E-state index < -0.39 is 0 Å². The Bertz CT molecular complexity index is 217. The molecule has 0 spiro atoms. The normalized spacial score (nSPS) is 19.4. The second-order valence-corrected chi connectivity index (χ2v) is 3.28. The summed E-state index contributed by atoms with van der Waals surface area (Å²) in [5.41, 5.74) is 2.95. The highest BCUT2D eigenvalue weighted by Gasteiger charge is 2.10. The van der Waals surface area contributed by atoms with Crippen molar-refractivity contribution in [3.8, 4) is 0 Å². The Hall–Kier alpha value is -0.760. The van der Waals surface area contributed by atoms with Gasteiger partial charge in [-0.3, -0.25) is 0 Å². The maximum Gasteiger partial charge on any atom is 0.0192 e. The molecule has 0 fully saturated rings. The van der Waals surface area contributed by atoms with Gasteiger partial charge in [-0.25, -0.2) is 0 Å². The van der Waals surface area contributed by atoms with E-state index in [-0.39, 0.29) is 0 Å². The van der Waals surface area contributed by atoms with Crippen LogP contribution < -0.4 is 0 Å². The lowest BCUT2D eigenvalue weighted by Gasteiger charge is -2.10. The first-order chi connectivity index (χ1) is 5.36. The summed E-state index contributed by atoms with van der Waals surface area (Å²) in [6.07, 6.45) is 4.43. The van der Waals surface area contributed by atoms with E-state index in [1.54, 1.807) is 0 Å². The van der Waals surface area contributed by atoms with Crippen LogP contribution in [-0.4, -0.2) is 30.0 Å². The van der Waals surface area contributed by atoms with Gasteiger partial charge in [0.05, 0.1) is 0 Å². The summed E-state index contributed by atoms with van der Waals surface area (Å²) in [4.78, 5) is 5.67. The number of fused-ring (bicyclic) bond motifs is 1. The maximum atomic E-state index is 3.29. The molecule has 1 aliphatic heterocycles. The number of rotatable bonds is 0. The van der Waals surface area contributed by atoms with Crippen molar-refractivity contribution >= 4 is 0 Å². The van der Waals surface area contributed by atoms with Gasteiger partial charge in [-0.2, -0.15) is 0 Å². The Balaban J connectivity index is 2.20. The monoisotopic (exact) mass is 150 g/mol. The van der Waals surface area contributed by atoms with Gasteiger partial charge in [-0.1, -0.05) is 0 Å². The summed E-state index contributed by atoms with van der Waals surface area (Å²) in [5, 5.41) is 0. The zero-order valence-electron chi connectivity index (χ0n) is 6.93. The van der Waals surface area contributed by atoms with Crippen molar-refractivity contribution < 1.29 is 0 Å². The van der Waals surface area contributed by atoms with Gasteiger partial charge < -0.3 is 9.88 Å². The van der Waals surface area contributed by atoms with Crippen molar-refractivity contribution in [2.45, 2.75) is 12.8 Å². The van der Waals surface area contributed by atoms with Crippen LogP contribution in [0.15, 0.2) is 12.3 Å². The standard InChI is InChI=1S/C9H14N2/c1-11-6-3-8-2-5-10-9(8)4-7-11/h2,5,10H,3-4,6-7H2,1H3. The molecule has 2 heteroatoms. The van der Waals surface area contributed by atoms with Crippen molar-refractivity contribution in [1.82, 2.24) is 9.88 Å². The molecule has 1 aromatic heterocycles. The number of aromatic amines is 1. The molecule has 11 heavy (non-hydrogen) atoms. The Morgan fingerprint density at radius 2 is 2.18 bits per heavy atom. The number of nitrogens with one attached hydrogen (secondary N) is 1. The van der Waals surface area contributed by atoms with Crippen LogP contribution in [0.4, 0.5) is 0 Å². The summed E-state index contributed by atoms with van der Waals surface area (Å²) >= 11 is 0. The summed E-state index contributed by atoms with van der Waals surface area (Å²) < 4.78 is 0. The second-order valence-electron chi connectivity index (χ2n) is 3.28. The third-order valence-electron chi connectivity index (χ3n) is 2.44. The molecule has 0 amide bonds. The first-order valence-corrected chi connectivity index (χ1v) is 4.20. The number of nitrogens with zero attached hydrogens (tertiary/aromatic N) is 1. The number of hydrogen-bond donors (Lipinski definition) is 1. The van der Waals surface area contributed by atoms with E-state index in [2.05, 4.69) is 29.2 Å². The van der Waals surface area contributed by atoms with Crippen LogP contribution in [0.25, 0.3) is 0 Å². The highest BCUT2D eigenvalue weighted by atomic mass is 15.1. The summed E-state index contributed by atoms with van der Waals surface area (Å²) in [5.74, 6) is 0. The Morgan fingerprint density at radius 1 is 1.36 bits per heavy atom. The van der Waals surface area contributed by atoms with Crippen LogP contribution in [0.5, 0.6) is 0 Å². The second kappa shape index (κ2) is 2.70. The largest absolute Gasteiger partial charge is 0.365 e. The number of hydrogen-bond acceptors (Lipinski definition) is 1. The molecule has 2 heterocycles. The van der Waals surface area contributed by atoms with E-state index in [0.717, 1.165) is 0 Å². The van der Waals surface area contributed by atoms with E-state index >= 15 is 0 Å². The first kappa shape index (κ1) is 6.92. The first-order valence-electron chi connectivity index (χ1n) is 4.20. The fourth-order valence-electron chi connectivity index (χ4n) is 1.63. The highest BCUT2D eigenvalue weighted by Crippen LogP contribution is 2.12. The third kappa shape index (κ3) is 1.31. The molecule has 0 unspecified atom stereocenters. The van der Waals surface area contributed by atoms with E-state index in [0.29, 0.717) is 0 Å². The van der Waals surface area contributed by atoms with Crippen LogP contribution in [0.1, 0.15) is 11.3 Å². The molecule has 0 atom stereocenters. The van der Waals surface area contributed by atoms with Crippen molar-refractivity contribution in [3.63, 3.8) is 0 Å². The molecule has 0 bridgehead atoms. The molecule has 2 nitrogen and oxygen atoms in total. The summed E-state index contributed by atoms with van der Waals surface area (Å²) in [6.45, 7) is 2.39. The van der Waals surface area contributed by atoms with E-state index in [9.17, 15) is 0 Å². The molecular formula is C9H14N2. The Labute approximate surface area is 67.2 Å².